The molecule has 1 aromatic rings. The molecule has 1 fully saturated rings. The number of rotatable bonds is 3. The summed E-state index contributed by atoms with van der Waals surface area (Å²) < 4.78 is 0. The van der Waals surface area contributed by atoms with Crippen molar-refractivity contribution in [3.05, 3.63) is 34.3 Å². The molecule has 0 aliphatic heterocycles. The zero-order valence-electron chi connectivity index (χ0n) is 12.0. The van der Waals surface area contributed by atoms with Gasteiger partial charge in [-0.25, -0.2) is 0 Å². The number of halogens is 2. The summed E-state index contributed by atoms with van der Waals surface area (Å²) in [5.74, 6) is 1.02. The van der Waals surface area contributed by atoms with E-state index in [1.165, 1.54) is 6.42 Å². The fourth-order valence-corrected chi connectivity index (χ4v) is 3.45. The fourth-order valence-electron chi connectivity index (χ4n) is 3.03. The molecule has 1 aliphatic carbocycles. The van der Waals surface area contributed by atoms with E-state index < -0.39 is 0 Å². The number of aryl methyl sites for hydroxylation is 1. The van der Waals surface area contributed by atoms with Crippen molar-refractivity contribution >= 4 is 29.1 Å². The van der Waals surface area contributed by atoms with Gasteiger partial charge in [0.05, 0.1) is 5.54 Å². The lowest BCUT2D eigenvalue weighted by atomic mass is 9.77. The maximum Gasteiger partial charge on any atom is 0.251 e. The van der Waals surface area contributed by atoms with Gasteiger partial charge < -0.3 is 5.32 Å². The Morgan fingerprint density at radius 2 is 2.25 bits per heavy atom. The molecule has 20 heavy (non-hydrogen) atoms. The van der Waals surface area contributed by atoms with Crippen LogP contribution in [0.25, 0.3) is 0 Å². The second-order valence-corrected chi connectivity index (χ2v) is 6.71. The third-order valence-corrected chi connectivity index (χ3v) is 5.08. The number of benzene rings is 1. The first-order valence-corrected chi connectivity index (χ1v) is 8.02. The molecule has 0 aromatic heterocycles. The molecule has 4 heteroatoms. The van der Waals surface area contributed by atoms with E-state index in [1.54, 1.807) is 12.1 Å². The zero-order chi connectivity index (χ0) is 14.8. The maximum atomic E-state index is 12.4. The number of nitrogens with one attached hydrogen (secondary N) is 1. The fraction of sp³-hybridized carbons (Fsp3) is 0.562. The van der Waals surface area contributed by atoms with Crippen molar-refractivity contribution in [3.63, 3.8) is 0 Å². The molecule has 0 radical (unpaired) electrons. The van der Waals surface area contributed by atoms with E-state index in [0.717, 1.165) is 24.8 Å². The number of hydrogen-bond acceptors (Lipinski definition) is 1. The molecule has 110 valence electrons. The predicted molar refractivity (Wildman–Crippen MR) is 84.7 cm³/mol. The number of hydrogen-bond donors (Lipinski definition) is 1. The van der Waals surface area contributed by atoms with E-state index in [4.69, 9.17) is 23.2 Å². The van der Waals surface area contributed by atoms with Crippen LogP contribution < -0.4 is 5.32 Å². The topological polar surface area (TPSA) is 29.1 Å². The highest BCUT2D eigenvalue weighted by molar-refractivity contribution is 6.31. The largest absolute Gasteiger partial charge is 0.345 e. The number of amides is 1. The molecule has 0 spiro atoms. The molecule has 1 aliphatic rings. The average Bonchev–Trinajstić information content (AvgIpc) is 2.41. The molecule has 0 saturated heterocycles. The first kappa shape index (κ1) is 15.7. The normalized spacial score (nSPS) is 26.3. The van der Waals surface area contributed by atoms with Crippen molar-refractivity contribution in [2.75, 3.05) is 5.88 Å². The third kappa shape index (κ3) is 3.48. The minimum Gasteiger partial charge on any atom is -0.345 e. The van der Waals surface area contributed by atoms with E-state index in [-0.39, 0.29) is 11.4 Å². The summed E-state index contributed by atoms with van der Waals surface area (Å²) in [4.78, 5) is 12.4. The first-order chi connectivity index (χ1) is 9.46. The van der Waals surface area contributed by atoms with Gasteiger partial charge in [0.2, 0.25) is 0 Å². The van der Waals surface area contributed by atoms with Crippen LogP contribution >= 0.6 is 23.2 Å². The Labute approximate surface area is 130 Å². The molecule has 1 amide bonds. The second-order valence-electron chi connectivity index (χ2n) is 6.03. The lowest BCUT2D eigenvalue weighted by Crippen LogP contribution is -2.52. The van der Waals surface area contributed by atoms with Crippen LogP contribution in [0.1, 0.15) is 48.5 Å². The van der Waals surface area contributed by atoms with Gasteiger partial charge in [0, 0.05) is 16.5 Å². The number of alkyl halides is 1. The predicted octanol–water partition coefficient (Wildman–Crippen LogP) is 4.57. The smallest absolute Gasteiger partial charge is 0.251 e. The number of carbonyl (C=O) groups excluding carboxylic acids is 1. The van der Waals surface area contributed by atoms with Gasteiger partial charge in [-0.1, -0.05) is 31.4 Å². The van der Waals surface area contributed by atoms with Gasteiger partial charge in [-0.05, 0) is 49.4 Å². The van der Waals surface area contributed by atoms with Crippen LogP contribution in [0.2, 0.25) is 5.02 Å². The third-order valence-electron chi connectivity index (χ3n) is 4.15. The van der Waals surface area contributed by atoms with Crippen molar-refractivity contribution < 1.29 is 4.79 Å². The van der Waals surface area contributed by atoms with Gasteiger partial charge in [0.15, 0.2) is 0 Å². The van der Waals surface area contributed by atoms with Gasteiger partial charge in [0.1, 0.15) is 0 Å². The van der Waals surface area contributed by atoms with Crippen LogP contribution in [-0.4, -0.2) is 17.3 Å². The van der Waals surface area contributed by atoms with Gasteiger partial charge >= 0.3 is 0 Å². The first-order valence-electron chi connectivity index (χ1n) is 7.10. The highest BCUT2D eigenvalue weighted by Gasteiger charge is 2.35. The van der Waals surface area contributed by atoms with Crippen molar-refractivity contribution in [2.24, 2.45) is 5.92 Å². The standard InChI is InChI=1S/C16H21Cl2NO/c1-11-4-3-7-16(9-11,10-17)19-15(20)13-5-6-14(18)12(2)8-13/h5-6,8,11H,3-4,7,9-10H2,1-2H3,(H,19,20). The Hall–Kier alpha value is -0.730. The molecule has 0 bridgehead atoms. The molecular formula is C16H21Cl2NO. The SMILES string of the molecule is Cc1cc(C(=O)NC2(CCl)CCCC(C)C2)ccc1Cl. The highest BCUT2D eigenvalue weighted by atomic mass is 35.5. The molecule has 1 N–H and O–H groups in total. The van der Waals surface area contributed by atoms with Gasteiger partial charge in [-0.2, -0.15) is 0 Å². The molecule has 2 unspecified atom stereocenters. The van der Waals surface area contributed by atoms with Crippen molar-refractivity contribution in [1.29, 1.82) is 0 Å². The molecule has 2 rings (SSSR count). The van der Waals surface area contributed by atoms with Gasteiger partial charge in [0.25, 0.3) is 5.91 Å². The summed E-state index contributed by atoms with van der Waals surface area (Å²) in [6.45, 7) is 4.12. The van der Waals surface area contributed by atoms with Crippen LogP contribution in [0.5, 0.6) is 0 Å². The second kappa shape index (κ2) is 6.36. The van der Waals surface area contributed by atoms with Crippen LogP contribution in [0.15, 0.2) is 18.2 Å². The molecular weight excluding hydrogens is 293 g/mol. The molecule has 1 saturated carbocycles. The monoisotopic (exact) mass is 313 g/mol. The van der Waals surface area contributed by atoms with E-state index in [9.17, 15) is 4.79 Å². The Balaban J connectivity index is 2.14. The molecule has 2 nitrogen and oxygen atoms in total. The van der Waals surface area contributed by atoms with Gasteiger partial charge in [-0.3, -0.25) is 4.79 Å². The molecule has 0 heterocycles. The van der Waals surface area contributed by atoms with Crippen molar-refractivity contribution in [1.82, 2.24) is 5.32 Å². The van der Waals surface area contributed by atoms with Crippen molar-refractivity contribution in [2.45, 2.75) is 45.1 Å². The van der Waals surface area contributed by atoms with E-state index in [2.05, 4.69) is 12.2 Å². The lowest BCUT2D eigenvalue weighted by Gasteiger charge is -2.39. The molecule has 1 aromatic carbocycles. The van der Waals surface area contributed by atoms with Gasteiger partial charge in [-0.15, -0.1) is 11.6 Å². The Morgan fingerprint density at radius 1 is 1.50 bits per heavy atom. The van der Waals surface area contributed by atoms with E-state index >= 15 is 0 Å². The van der Waals surface area contributed by atoms with Crippen LogP contribution in [-0.2, 0) is 0 Å². The lowest BCUT2D eigenvalue weighted by molar-refractivity contribution is 0.0867. The minimum atomic E-state index is -0.260. The van der Waals surface area contributed by atoms with Crippen LogP contribution in [0, 0.1) is 12.8 Å². The summed E-state index contributed by atoms with van der Waals surface area (Å²) in [5.41, 5.74) is 1.30. The average molecular weight is 314 g/mol. The summed E-state index contributed by atoms with van der Waals surface area (Å²) >= 11 is 12.2. The summed E-state index contributed by atoms with van der Waals surface area (Å²) in [6, 6.07) is 5.35. The highest BCUT2D eigenvalue weighted by Crippen LogP contribution is 2.33. The maximum absolute atomic E-state index is 12.4. The quantitative estimate of drug-likeness (QED) is 0.814. The van der Waals surface area contributed by atoms with E-state index in [0.29, 0.717) is 22.4 Å². The molecule has 2 atom stereocenters. The summed E-state index contributed by atoms with van der Waals surface area (Å²) in [6.07, 6.45) is 4.25. The summed E-state index contributed by atoms with van der Waals surface area (Å²) in [5, 5.41) is 3.84. The van der Waals surface area contributed by atoms with E-state index in [1.807, 2.05) is 13.0 Å². The zero-order valence-corrected chi connectivity index (χ0v) is 13.5. The minimum absolute atomic E-state index is 0.0560. The Morgan fingerprint density at radius 3 is 2.85 bits per heavy atom. The number of carbonyl (C=O) groups is 1. The Kier molecular flexibility index (Phi) is 4.98. The van der Waals surface area contributed by atoms with Crippen LogP contribution in [0.4, 0.5) is 0 Å². The summed E-state index contributed by atoms with van der Waals surface area (Å²) in [7, 11) is 0. The van der Waals surface area contributed by atoms with Crippen LogP contribution in [0.3, 0.4) is 0 Å². The Bertz CT molecular complexity index is 503. The van der Waals surface area contributed by atoms with Crippen molar-refractivity contribution in [3.8, 4) is 0 Å².